The fourth-order valence-corrected chi connectivity index (χ4v) is 4.42. The lowest BCUT2D eigenvalue weighted by molar-refractivity contribution is 0.0601. The van der Waals surface area contributed by atoms with Gasteiger partial charge in [0.25, 0.3) is 0 Å². The van der Waals surface area contributed by atoms with Crippen molar-refractivity contribution in [1.82, 2.24) is 8.75 Å². The topological polar surface area (TPSA) is 84.8 Å². The van der Waals surface area contributed by atoms with E-state index >= 15 is 0 Å². The van der Waals surface area contributed by atoms with E-state index in [-0.39, 0.29) is 18.7 Å². The van der Waals surface area contributed by atoms with Gasteiger partial charge in [0.1, 0.15) is 22.9 Å². The highest BCUT2D eigenvalue weighted by Crippen LogP contribution is 2.38. The number of methoxy groups -OCH3 is 1. The first-order chi connectivity index (χ1) is 15.7. The average molecular weight is 448 g/mol. The van der Waals surface area contributed by atoms with Gasteiger partial charge in [-0.1, -0.05) is 24.3 Å². The Morgan fingerprint density at radius 2 is 1.88 bits per heavy atom. The smallest absolute Gasteiger partial charge is 0.338 e. The quantitative estimate of drug-likeness (QED) is 0.449. The molecule has 8 heteroatoms. The van der Waals surface area contributed by atoms with Crippen LogP contribution in [0, 0.1) is 0 Å². The van der Waals surface area contributed by atoms with Gasteiger partial charge in [-0.3, -0.25) is 0 Å². The number of ether oxygens (including phenoxy) is 2. The van der Waals surface area contributed by atoms with E-state index in [2.05, 4.69) is 13.6 Å². The number of anilines is 1. The fraction of sp³-hybridized carbons (Fsp3) is 0.208. The maximum Gasteiger partial charge on any atom is 0.338 e. The van der Waals surface area contributed by atoms with E-state index in [0.29, 0.717) is 18.7 Å². The monoisotopic (exact) mass is 447 g/mol. The van der Waals surface area contributed by atoms with E-state index in [1.54, 1.807) is 6.07 Å². The lowest BCUT2D eigenvalue weighted by atomic mass is 9.95. The molecule has 32 heavy (non-hydrogen) atoms. The van der Waals surface area contributed by atoms with Crippen LogP contribution >= 0.6 is 11.7 Å². The average Bonchev–Trinajstić information content (AvgIpc) is 3.28. The first-order valence-electron chi connectivity index (χ1n) is 10.2. The van der Waals surface area contributed by atoms with Crippen LogP contribution in [-0.2, 0) is 11.3 Å². The second-order valence-corrected chi connectivity index (χ2v) is 8.13. The van der Waals surface area contributed by atoms with E-state index in [0.717, 1.165) is 39.2 Å². The number of aromatic nitrogens is 2. The minimum absolute atomic E-state index is 0.0134. The third-order valence-electron chi connectivity index (χ3n) is 5.59. The minimum atomic E-state index is -0.379. The molecule has 0 spiro atoms. The van der Waals surface area contributed by atoms with Crippen molar-refractivity contribution in [1.29, 1.82) is 0 Å². The SMILES string of the molecule is COC(=O)c1cccc(N2CC(Oc3ccc(CO)cc3)C2)c1-c1ccc2nsnc2c1. The van der Waals surface area contributed by atoms with Crippen LogP contribution in [0.5, 0.6) is 5.75 Å². The molecule has 7 nitrogen and oxygen atoms in total. The number of aliphatic hydroxyl groups excluding tert-OH is 1. The summed E-state index contributed by atoms with van der Waals surface area (Å²) in [5.74, 6) is 0.396. The summed E-state index contributed by atoms with van der Waals surface area (Å²) >= 11 is 1.17. The Balaban J connectivity index is 1.43. The summed E-state index contributed by atoms with van der Waals surface area (Å²) in [6, 6.07) is 19.0. The number of carbonyl (C=O) groups is 1. The molecule has 1 aliphatic rings. The van der Waals surface area contributed by atoms with Crippen LogP contribution in [0.3, 0.4) is 0 Å². The summed E-state index contributed by atoms with van der Waals surface area (Å²) in [5, 5.41) is 9.19. The van der Waals surface area contributed by atoms with Crippen molar-refractivity contribution in [3.63, 3.8) is 0 Å². The third kappa shape index (κ3) is 3.79. The Labute approximate surface area is 189 Å². The van der Waals surface area contributed by atoms with Crippen LogP contribution in [0.4, 0.5) is 5.69 Å². The first kappa shape index (κ1) is 20.4. The van der Waals surface area contributed by atoms with Gasteiger partial charge in [-0.25, -0.2) is 4.79 Å². The Bertz CT molecular complexity index is 1270. The standard InChI is InChI=1S/C24H21N3O4S/c1-30-24(29)19-3-2-4-22(23(19)16-7-10-20-21(11-16)26-32-25-20)27-12-18(13-27)31-17-8-5-15(14-28)6-9-17/h2-11,18,28H,12-14H2,1H3. The summed E-state index contributed by atoms with van der Waals surface area (Å²) in [6.07, 6.45) is 0.0369. The number of nitrogens with zero attached hydrogens (tertiary/aromatic N) is 3. The highest BCUT2D eigenvalue weighted by molar-refractivity contribution is 7.00. The van der Waals surface area contributed by atoms with Crippen LogP contribution in [0.15, 0.2) is 60.7 Å². The molecule has 162 valence electrons. The van der Waals surface area contributed by atoms with Crippen molar-refractivity contribution >= 4 is 34.4 Å². The number of hydrogen-bond donors (Lipinski definition) is 1. The Morgan fingerprint density at radius 1 is 1.09 bits per heavy atom. The van der Waals surface area contributed by atoms with Gasteiger partial charge < -0.3 is 19.5 Å². The number of benzene rings is 3. The number of aliphatic hydroxyl groups is 1. The zero-order chi connectivity index (χ0) is 22.1. The van der Waals surface area contributed by atoms with E-state index < -0.39 is 0 Å². The molecule has 0 radical (unpaired) electrons. The number of hydrogen-bond acceptors (Lipinski definition) is 8. The molecule has 1 fully saturated rings. The van der Waals surface area contributed by atoms with Gasteiger partial charge in [0.05, 0.1) is 44.1 Å². The van der Waals surface area contributed by atoms with Crippen molar-refractivity contribution in [3.8, 4) is 16.9 Å². The van der Waals surface area contributed by atoms with Gasteiger partial charge in [-0.2, -0.15) is 8.75 Å². The molecular weight excluding hydrogens is 426 g/mol. The molecule has 1 saturated heterocycles. The molecule has 4 aromatic rings. The molecule has 1 N–H and O–H groups in total. The third-order valence-corrected chi connectivity index (χ3v) is 6.14. The molecule has 0 amide bonds. The molecule has 1 aromatic heterocycles. The number of rotatable bonds is 6. The number of carbonyl (C=O) groups excluding carboxylic acids is 1. The molecule has 5 rings (SSSR count). The molecular formula is C24H21N3O4S. The van der Waals surface area contributed by atoms with Crippen molar-refractivity contribution in [2.24, 2.45) is 0 Å². The first-order valence-corrected chi connectivity index (χ1v) is 10.9. The van der Waals surface area contributed by atoms with Crippen molar-refractivity contribution < 1.29 is 19.4 Å². The van der Waals surface area contributed by atoms with Gasteiger partial charge in [-0.15, -0.1) is 0 Å². The van der Waals surface area contributed by atoms with Gasteiger partial charge in [0, 0.05) is 11.3 Å². The fourth-order valence-electron chi connectivity index (χ4n) is 3.90. The van der Waals surface area contributed by atoms with E-state index in [1.807, 2.05) is 54.6 Å². The minimum Gasteiger partial charge on any atom is -0.487 e. The summed E-state index contributed by atoms with van der Waals surface area (Å²) < 4.78 is 19.7. The summed E-state index contributed by atoms with van der Waals surface area (Å²) in [4.78, 5) is 14.7. The zero-order valence-corrected chi connectivity index (χ0v) is 18.2. The normalized spacial score (nSPS) is 13.8. The van der Waals surface area contributed by atoms with Crippen molar-refractivity contribution in [2.45, 2.75) is 12.7 Å². The second-order valence-electron chi connectivity index (χ2n) is 7.61. The van der Waals surface area contributed by atoms with Crippen molar-refractivity contribution in [3.05, 3.63) is 71.8 Å². The molecule has 0 saturated carbocycles. The van der Waals surface area contributed by atoms with Crippen LogP contribution in [0.25, 0.3) is 22.2 Å². The van der Waals surface area contributed by atoms with Gasteiger partial charge in [0.2, 0.25) is 0 Å². The van der Waals surface area contributed by atoms with Crippen LogP contribution in [0.2, 0.25) is 0 Å². The summed E-state index contributed by atoms with van der Waals surface area (Å²) in [7, 11) is 1.39. The Hall–Kier alpha value is -3.49. The molecule has 0 bridgehead atoms. The van der Waals surface area contributed by atoms with E-state index in [9.17, 15) is 9.90 Å². The second kappa shape index (κ2) is 8.57. The predicted molar refractivity (Wildman–Crippen MR) is 123 cm³/mol. The van der Waals surface area contributed by atoms with Crippen LogP contribution < -0.4 is 9.64 Å². The van der Waals surface area contributed by atoms with Gasteiger partial charge >= 0.3 is 5.97 Å². The van der Waals surface area contributed by atoms with Gasteiger partial charge in [0.15, 0.2) is 0 Å². The number of esters is 1. The van der Waals surface area contributed by atoms with E-state index in [4.69, 9.17) is 9.47 Å². The van der Waals surface area contributed by atoms with Gasteiger partial charge in [-0.05, 0) is 47.5 Å². The molecule has 0 unspecified atom stereocenters. The molecule has 1 aliphatic heterocycles. The lowest BCUT2D eigenvalue weighted by Crippen LogP contribution is -2.54. The van der Waals surface area contributed by atoms with Crippen molar-refractivity contribution in [2.75, 3.05) is 25.1 Å². The molecule has 0 aliphatic carbocycles. The molecule has 3 aromatic carbocycles. The lowest BCUT2D eigenvalue weighted by Gasteiger charge is -2.41. The number of fused-ring (bicyclic) bond motifs is 1. The Morgan fingerprint density at radius 3 is 2.62 bits per heavy atom. The largest absolute Gasteiger partial charge is 0.487 e. The molecule has 2 heterocycles. The summed E-state index contributed by atoms with van der Waals surface area (Å²) in [6.45, 7) is 1.40. The van der Waals surface area contributed by atoms with Crippen LogP contribution in [0.1, 0.15) is 15.9 Å². The maximum absolute atomic E-state index is 12.6. The highest BCUT2D eigenvalue weighted by atomic mass is 32.1. The van der Waals surface area contributed by atoms with E-state index in [1.165, 1.54) is 18.8 Å². The predicted octanol–water partition coefficient (Wildman–Crippen LogP) is 3.90. The van der Waals surface area contributed by atoms with Crippen LogP contribution in [-0.4, -0.2) is 46.1 Å². The highest BCUT2D eigenvalue weighted by Gasteiger charge is 2.32. The zero-order valence-electron chi connectivity index (χ0n) is 17.4. The Kier molecular flexibility index (Phi) is 5.46. The summed E-state index contributed by atoms with van der Waals surface area (Å²) in [5.41, 5.74) is 5.66. The molecule has 0 atom stereocenters. The maximum atomic E-state index is 12.6.